The molecule has 1 aromatic rings. The maximum atomic E-state index is 5.02. The minimum absolute atomic E-state index is 0.776. The Labute approximate surface area is 73.6 Å². The van der Waals surface area contributed by atoms with Crippen molar-refractivity contribution in [1.29, 1.82) is 0 Å². The lowest BCUT2D eigenvalue weighted by Gasteiger charge is -2.07. The third-order valence-corrected chi connectivity index (χ3v) is 1.86. The van der Waals surface area contributed by atoms with Gasteiger partial charge in [0, 0.05) is 19.8 Å². The molecule has 0 spiro atoms. The van der Waals surface area contributed by atoms with Gasteiger partial charge in [-0.05, 0) is 18.1 Å². The van der Waals surface area contributed by atoms with Crippen LogP contribution < -0.4 is 5.32 Å². The lowest BCUT2D eigenvalue weighted by molar-refractivity contribution is 0.202. The first-order valence-electron chi connectivity index (χ1n) is 4.13. The molecule has 0 unspecified atom stereocenters. The van der Waals surface area contributed by atoms with Crippen molar-refractivity contribution in [1.82, 2.24) is 0 Å². The van der Waals surface area contributed by atoms with Crippen LogP contribution in [0.5, 0.6) is 0 Å². The number of hydrogen-bond donors (Lipinski definition) is 1. The molecule has 2 nitrogen and oxygen atoms in total. The smallest absolute Gasteiger partial charge is 0.0503 e. The molecule has 0 bridgehead atoms. The summed E-state index contributed by atoms with van der Waals surface area (Å²) >= 11 is 0. The van der Waals surface area contributed by atoms with E-state index < -0.39 is 0 Å². The first-order valence-corrected chi connectivity index (χ1v) is 4.13. The zero-order valence-corrected chi connectivity index (χ0v) is 7.63. The van der Waals surface area contributed by atoms with Gasteiger partial charge in [0.2, 0.25) is 0 Å². The van der Waals surface area contributed by atoms with Crippen LogP contribution >= 0.6 is 0 Å². The van der Waals surface area contributed by atoms with E-state index in [4.69, 9.17) is 4.74 Å². The molecule has 0 heterocycles. The van der Waals surface area contributed by atoms with E-state index in [1.807, 2.05) is 19.2 Å². The number of nitrogens with one attached hydrogen (secondary N) is 1. The number of benzene rings is 1. The minimum Gasteiger partial charge on any atom is -0.388 e. The molecule has 0 aliphatic rings. The molecule has 0 aromatic heterocycles. The standard InChI is InChI=1S/C10H15NO/c1-11-10-6-4-3-5-9(10)7-8-12-2/h3-6,11H,7-8H2,1-2H3. The fraction of sp³-hybridized carbons (Fsp3) is 0.400. The quantitative estimate of drug-likeness (QED) is 0.736. The van der Waals surface area contributed by atoms with Gasteiger partial charge in [-0.3, -0.25) is 0 Å². The maximum Gasteiger partial charge on any atom is 0.0503 e. The number of para-hydroxylation sites is 1. The first kappa shape index (κ1) is 9.07. The summed E-state index contributed by atoms with van der Waals surface area (Å²) < 4.78 is 5.02. The molecular weight excluding hydrogens is 150 g/mol. The molecule has 0 aliphatic carbocycles. The zero-order chi connectivity index (χ0) is 8.81. The average molecular weight is 165 g/mol. The predicted octanol–water partition coefficient (Wildman–Crippen LogP) is 1.92. The monoisotopic (exact) mass is 165 g/mol. The Morgan fingerprint density at radius 1 is 1.33 bits per heavy atom. The van der Waals surface area contributed by atoms with E-state index in [1.54, 1.807) is 7.11 Å². The van der Waals surface area contributed by atoms with Crippen molar-refractivity contribution in [3.05, 3.63) is 29.8 Å². The summed E-state index contributed by atoms with van der Waals surface area (Å²) in [6.07, 6.45) is 0.966. The fourth-order valence-corrected chi connectivity index (χ4v) is 1.19. The molecule has 1 N–H and O–H groups in total. The van der Waals surface area contributed by atoms with Gasteiger partial charge in [-0.1, -0.05) is 18.2 Å². The Hall–Kier alpha value is -1.02. The van der Waals surface area contributed by atoms with E-state index in [1.165, 1.54) is 11.3 Å². The zero-order valence-electron chi connectivity index (χ0n) is 7.63. The van der Waals surface area contributed by atoms with Gasteiger partial charge in [0.1, 0.15) is 0 Å². The number of anilines is 1. The van der Waals surface area contributed by atoms with Crippen molar-refractivity contribution in [2.24, 2.45) is 0 Å². The molecule has 0 radical (unpaired) electrons. The first-order chi connectivity index (χ1) is 5.88. The van der Waals surface area contributed by atoms with E-state index in [2.05, 4.69) is 17.4 Å². The highest BCUT2D eigenvalue weighted by molar-refractivity contribution is 5.50. The van der Waals surface area contributed by atoms with Gasteiger partial charge in [-0.2, -0.15) is 0 Å². The molecule has 0 fully saturated rings. The van der Waals surface area contributed by atoms with Crippen molar-refractivity contribution in [2.45, 2.75) is 6.42 Å². The highest BCUT2D eigenvalue weighted by Crippen LogP contribution is 2.14. The Balaban J connectivity index is 2.68. The van der Waals surface area contributed by atoms with Crippen LogP contribution in [-0.4, -0.2) is 20.8 Å². The molecule has 12 heavy (non-hydrogen) atoms. The molecular formula is C10H15NO. The van der Waals surface area contributed by atoms with Gasteiger partial charge < -0.3 is 10.1 Å². The van der Waals surface area contributed by atoms with Crippen LogP contribution in [0.2, 0.25) is 0 Å². The SMILES string of the molecule is CNc1ccccc1CCOC. The summed E-state index contributed by atoms with van der Waals surface area (Å²) in [6, 6.07) is 8.27. The molecule has 2 heteroatoms. The minimum atomic E-state index is 0.776. The summed E-state index contributed by atoms with van der Waals surface area (Å²) in [5.41, 5.74) is 2.50. The molecule has 1 aromatic carbocycles. The lowest BCUT2D eigenvalue weighted by atomic mass is 10.1. The summed E-state index contributed by atoms with van der Waals surface area (Å²) in [4.78, 5) is 0. The van der Waals surface area contributed by atoms with Crippen LogP contribution in [0.4, 0.5) is 5.69 Å². The van der Waals surface area contributed by atoms with Crippen molar-refractivity contribution in [2.75, 3.05) is 26.1 Å². The summed E-state index contributed by atoms with van der Waals surface area (Å²) in [6.45, 7) is 0.776. The number of rotatable bonds is 4. The van der Waals surface area contributed by atoms with Crippen LogP contribution in [0.1, 0.15) is 5.56 Å². The fourth-order valence-electron chi connectivity index (χ4n) is 1.19. The van der Waals surface area contributed by atoms with Crippen LogP contribution in [0.25, 0.3) is 0 Å². The topological polar surface area (TPSA) is 21.3 Å². The van der Waals surface area contributed by atoms with Gasteiger partial charge in [0.25, 0.3) is 0 Å². The van der Waals surface area contributed by atoms with Gasteiger partial charge in [-0.15, -0.1) is 0 Å². The number of hydrogen-bond acceptors (Lipinski definition) is 2. The highest BCUT2D eigenvalue weighted by Gasteiger charge is 1.97. The largest absolute Gasteiger partial charge is 0.388 e. The van der Waals surface area contributed by atoms with Crippen molar-refractivity contribution >= 4 is 5.69 Å². The second-order valence-electron chi connectivity index (χ2n) is 2.65. The van der Waals surface area contributed by atoms with Crippen LogP contribution in [0.15, 0.2) is 24.3 Å². The summed E-state index contributed by atoms with van der Waals surface area (Å²) in [7, 11) is 3.66. The lowest BCUT2D eigenvalue weighted by Crippen LogP contribution is -1.99. The van der Waals surface area contributed by atoms with Crippen LogP contribution in [0.3, 0.4) is 0 Å². The van der Waals surface area contributed by atoms with E-state index >= 15 is 0 Å². The highest BCUT2D eigenvalue weighted by atomic mass is 16.5. The van der Waals surface area contributed by atoms with E-state index in [9.17, 15) is 0 Å². The Morgan fingerprint density at radius 3 is 2.75 bits per heavy atom. The third kappa shape index (κ3) is 2.24. The molecule has 0 saturated heterocycles. The molecule has 0 amide bonds. The normalized spacial score (nSPS) is 9.83. The number of methoxy groups -OCH3 is 1. The molecule has 1 rings (SSSR count). The Kier molecular flexibility index (Phi) is 3.61. The molecule has 0 aliphatic heterocycles. The average Bonchev–Trinajstić information content (AvgIpc) is 2.15. The molecule has 0 saturated carbocycles. The van der Waals surface area contributed by atoms with Crippen LogP contribution in [-0.2, 0) is 11.2 Å². The third-order valence-electron chi connectivity index (χ3n) is 1.86. The second kappa shape index (κ2) is 4.78. The van der Waals surface area contributed by atoms with Crippen molar-refractivity contribution in [3.8, 4) is 0 Å². The van der Waals surface area contributed by atoms with Crippen molar-refractivity contribution in [3.63, 3.8) is 0 Å². The number of ether oxygens (including phenoxy) is 1. The van der Waals surface area contributed by atoms with Crippen molar-refractivity contribution < 1.29 is 4.74 Å². The predicted molar refractivity (Wildman–Crippen MR) is 51.6 cm³/mol. The maximum absolute atomic E-state index is 5.02. The van der Waals surface area contributed by atoms with Gasteiger partial charge in [0.15, 0.2) is 0 Å². The van der Waals surface area contributed by atoms with Gasteiger partial charge >= 0.3 is 0 Å². The summed E-state index contributed by atoms with van der Waals surface area (Å²) in [5.74, 6) is 0. The Bertz CT molecular complexity index is 235. The van der Waals surface area contributed by atoms with E-state index in [-0.39, 0.29) is 0 Å². The Morgan fingerprint density at radius 2 is 2.08 bits per heavy atom. The van der Waals surface area contributed by atoms with Gasteiger partial charge in [-0.25, -0.2) is 0 Å². The molecule has 66 valence electrons. The summed E-state index contributed by atoms with van der Waals surface area (Å²) in [5, 5.41) is 3.15. The van der Waals surface area contributed by atoms with Gasteiger partial charge in [0.05, 0.1) is 6.61 Å². The second-order valence-corrected chi connectivity index (χ2v) is 2.65. The van der Waals surface area contributed by atoms with E-state index in [0.29, 0.717) is 0 Å². The molecule has 0 atom stereocenters. The van der Waals surface area contributed by atoms with E-state index in [0.717, 1.165) is 13.0 Å². The van der Waals surface area contributed by atoms with Crippen LogP contribution in [0, 0.1) is 0 Å².